The van der Waals surface area contributed by atoms with Crippen molar-refractivity contribution >= 4 is 28.8 Å². The highest BCUT2D eigenvalue weighted by Gasteiger charge is 2.05. The first-order valence-electron chi connectivity index (χ1n) is 4.47. The van der Waals surface area contributed by atoms with Crippen LogP contribution in [0.25, 0.3) is 0 Å². The number of nitrogens with two attached hydrogens (primary N) is 1. The van der Waals surface area contributed by atoms with E-state index >= 15 is 0 Å². The zero-order valence-corrected chi connectivity index (χ0v) is 9.77. The van der Waals surface area contributed by atoms with Crippen LogP contribution >= 0.6 is 22.9 Å². The van der Waals surface area contributed by atoms with Crippen LogP contribution in [0.15, 0.2) is 18.5 Å². The van der Waals surface area contributed by atoms with E-state index in [9.17, 15) is 0 Å². The maximum atomic E-state index is 5.77. The van der Waals surface area contributed by atoms with E-state index in [4.69, 9.17) is 17.3 Å². The second-order valence-electron chi connectivity index (χ2n) is 3.24. The molecule has 0 bridgehead atoms. The molecule has 3 nitrogen and oxygen atoms in total. The number of pyridine rings is 1. The van der Waals surface area contributed by atoms with Gasteiger partial charge in [0.1, 0.15) is 5.82 Å². The lowest BCUT2D eigenvalue weighted by molar-refractivity contribution is 1.14. The van der Waals surface area contributed by atoms with E-state index in [2.05, 4.69) is 9.97 Å². The first-order valence-corrected chi connectivity index (χ1v) is 5.66. The van der Waals surface area contributed by atoms with Crippen LogP contribution in [0.2, 0.25) is 4.47 Å². The molecular weight excluding hydrogens is 230 g/mol. The molecule has 0 saturated carbocycles. The summed E-state index contributed by atoms with van der Waals surface area (Å²) in [5.74, 6) is 0.586. The summed E-state index contributed by atoms with van der Waals surface area (Å²) in [4.78, 5) is 9.16. The summed E-state index contributed by atoms with van der Waals surface area (Å²) < 4.78 is 0.574. The summed E-state index contributed by atoms with van der Waals surface area (Å²) in [5.41, 5.74) is 7.93. The Labute approximate surface area is 96.9 Å². The van der Waals surface area contributed by atoms with Gasteiger partial charge in [0.2, 0.25) is 0 Å². The van der Waals surface area contributed by atoms with Crippen LogP contribution in [0.1, 0.15) is 16.0 Å². The standard InChI is InChI=1S/C10H10ClN3S/c1-6-7(2-3-13-9(6)12)4-8-5-14-10(11)15-8/h2-3,5H,4H2,1H3,(H2,12,13). The highest BCUT2D eigenvalue weighted by molar-refractivity contribution is 7.15. The van der Waals surface area contributed by atoms with Crippen LogP contribution in [-0.2, 0) is 6.42 Å². The van der Waals surface area contributed by atoms with Crippen LogP contribution < -0.4 is 5.73 Å². The Bertz CT molecular complexity index is 481. The summed E-state index contributed by atoms with van der Waals surface area (Å²) >= 11 is 7.26. The third-order valence-electron chi connectivity index (χ3n) is 2.25. The maximum Gasteiger partial charge on any atom is 0.183 e. The monoisotopic (exact) mass is 239 g/mol. The van der Waals surface area contributed by atoms with Gasteiger partial charge in [-0.1, -0.05) is 11.6 Å². The van der Waals surface area contributed by atoms with E-state index in [-0.39, 0.29) is 0 Å². The van der Waals surface area contributed by atoms with Gasteiger partial charge in [0.15, 0.2) is 4.47 Å². The Balaban J connectivity index is 2.28. The second-order valence-corrected chi connectivity index (χ2v) is 4.93. The third kappa shape index (κ3) is 2.27. The molecule has 2 rings (SSSR count). The lowest BCUT2D eigenvalue weighted by Gasteiger charge is -2.05. The van der Waals surface area contributed by atoms with Crippen LogP contribution in [0.4, 0.5) is 5.82 Å². The van der Waals surface area contributed by atoms with Crippen LogP contribution in [-0.4, -0.2) is 9.97 Å². The van der Waals surface area contributed by atoms with Crippen molar-refractivity contribution in [2.75, 3.05) is 5.73 Å². The van der Waals surface area contributed by atoms with E-state index in [0.29, 0.717) is 10.3 Å². The fraction of sp³-hybridized carbons (Fsp3) is 0.200. The summed E-state index contributed by atoms with van der Waals surface area (Å²) in [5, 5.41) is 0. The highest BCUT2D eigenvalue weighted by Crippen LogP contribution is 2.23. The molecule has 0 aliphatic rings. The van der Waals surface area contributed by atoms with E-state index < -0.39 is 0 Å². The zero-order chi connectivity index (χ0) is 10.8. The lowest BCUT2D eigenvalue weighted by atomic mass is 10.1. The molecule has 2 N–H and O–H groups in total. The zero-order valence-electron chi connectivity index (χ0n) is 8.20. The van der Waals surface area contributed by atoms with E-state index in [1.165, 1.54) is 16.9 Å². The normalized spacial score (nSPS) is 10.5. The number of hydrogen-bond donors (Lipinski definition) is 1. The minimum absolute atomic E-state index is 0.574. The predicted octanol–water partition coefficient (Wildman–Crippen LogP) is 2.67. The van der Waals surface area contributed by atoms with Gasteiger partial charge in [-0.15, -0.1) is 11.3 Å². The summed E-state index contributed by atoms with van der Waals surface area (Å²) in [7, 11) is 0. The summed E-state index contributed by atoms with van der Waals surface area (Å²) in [6, 6.07) is 1.97. The molecule has 2 aromatic rings. The second kappa shape index (κ2) is 4.16. The van der Waals surface area contributed by atoms with E-state index in [0.717, 1.165) is 16.9 Å². The molecule has 0 spiro atoms. The number of thiazole rings is 1. The Kier molecular flexibility index (Phi) is 2.88. The van der Waals surface area contributed by atoms with Gasteiger partial charge in [0.05, 0.1) is 0 Å². The lowest BCUT2D eigenvalue weighted by Crippen LogP contribution is -1.98. The SMILES string of the molecule is Cc1c(Cc2cnc(Cl)s2)ccnc1N. The highest BCUT2D eigenvalue weighted by atomic mass is 35.5. The molecule has 0 radical (unpaired) electrons. The smallest absolute Gasteiger partial charge is 0.183 e. The van der Waals surface area contributed by atoms with Gasteiger partial charge >= 0.3 is 0 Å². The van der Waals surface area contributed by atoms with Crippen LogP contribution in [0.5, 0.6) is 0 Å². The summed E-state index contributed by atoms with van der Waals surface area (Å²) in [6.07, 6.45) is 4.33. The Morgan fingerprint density at radius 2 is 2.27 bits per heavy atom. The predicted molar refractivity (Wildman–Crippen MR) is 63.3 cm³/mol. The van der Waals surface area contributed by atoms with Crippen molar-refractivity contribution in [3.05, 3.63) is 38.9 Å². The first kappa shape index (κ1) is 10.4. The summed E-state index contributed by atoms with van der Waals surface area (Å²) in [6.45, 7) is 1.97. The van der Waals surface area contributed by atoms with E-state index in [1.807, 2.05) is 13.0 Å². The number of nitrogens with zero attached hydrogens (tertiary/aromatic N) is 2. The Morgan fingerprint density at radius 3 is 2.93 bits per heavy atom. The van der Waals surface area contributed by atoms with Crippen LogP contribution in [0, 0.1) is 6.92 Å². The molecule has 15 heavy (non-hydrogen) atoms. The number of halogens is 1. The van der Waals surface area contributed by atoms with Gasteiger partial charge < -0.3 is 5.73 Å². The average molecular weight is 240 g/mol. The van der Waals surface area contributed by atoms with Crippen molar-refractivity contribution in [3.8, 4) is 0 Å². The minimum atomic E-state index is 0.574. The molecule has 78 valence electrons. The number of hydrogen-bond acceptors (Lipinski definition) is 4. The topological polar surface area (TPSA) is 51.8 Å². The van der Waals surface area contributed by atoms with Gasteiger partial charge in [-0.05, 0) is 24.1 Å². The van der Waals surface area contributed by atoms with E-state index in [1.54, 1.807) is 12.4 Å². The van der Waals surface area contributed by atoms with Gasteiger partial charge in [0.25, 0.3) is 0 Å². The molecule has 0 saturated heterocycles. The number of aromatic nitrogens is 2. The van der Waals surface area contributed by atoms with Crippen molar-refractivity contribution in [2.24, 2.45) is 0 Å². The molecule has 0 atom stereocenters. The van der Waals surface area contributed by atoms with Gasteiger partial charge in [-0.2, -0.15) is 0 Å². The van der Waals surface area contributed by atoms with Gasteiger partial charge in [-0.25, -0.2) is 9.97 Å². The molecule has 2 aromatic heterocycles. The molecule has 0 fully saturated rings. The largest absolute Gasteiger partial charge is 0.383 e. The van der Waals surface area contributed by atoms with Crippen LogP contribution in [0.3, 0.4) is 0 Å². The fourth-order valence-corrected chi connectivity index (χ4v) is 2.34. The van der Waals surface area contributed by atoms with Crippen molar-refractivity contribution < 1.29 is 0 Å². The third-order valence-corrected chi connectivity index (χ3v) is 3.36. The Hall–Kier alpha value is -1.13. The van der Waals surface area contributed by atoms with Crippen molar-refractivity contribution in [1.29, 1.82) is 0 Å². The molecular formula is C10H10ClN3S. The molecule has 0 aliphatic carbocycles. The van der Waals surface area contributed by atoms with Crippen molar-refractivity contribution in [3.63, 3.8) is 0 Å². The molecule has 0 amide bonds. The Morgan fingerprint density at radius 1 is 1.47 bits per heavy atom. The molecule has 2 heterocycles. The van der Waals surface area contributed by atoms with Crippen molar-refractivity contribution in [2.45, 2.75) is 13.3 Å². The van der Waals surface area contributed by atoms with Crippen molar-refractivity contribution in [1.82, 2.24) is 9.97 Å². The maximum absolute atomic E-state index is 5.77. The molecule has 0 unspecified atom stereocenters. The number of rotatable bonds is 2. The first-order chi connectivity index (χ1) is 7.16. The average Bonchev–Trinajstić information content (AvgIpc) is 2.59. The number of nitrogen functional groups attached to an aromatic ring is 1. The quantitative estimate of drug-likeness (QED) is 0.877. The molecule has 0 aliphatic heterocycles. The fourth-order valence-electron chi connectivity index (χ4n) is 1.34. The van der Waals surface area contributed by atoms with Gasteiger partial charge in [-0.3, -0.25) is 0 Å². The molecule has 5 heteroatoms. The van der Waals surface area contributed by atoms with Gasteiger partial charge in [0, 0.05) is 23.7 Å². The number of anilines is 1. The minimum Gasteiger partial charge on any atom is -0.383 e. The molecule has 0 aromatic carbocycles.